The predicted molar refractivity (Wildman–Crippen MR) is 57.9 cm³/mol. The molecule has 1 aliphatic rings. The third kappa shape index (κ3) is 2.07. The van der Waals surface area contributed by atoms with Gasteiger partial charge in [0.25, 0.3) is 0 Å². The van der Waals surface area contributed by atoms with Crippen molar-refractivity contribution in [1.29, 1.82) is 0 Å². The number of carbonyl (C=O) groups is 1. The second kappa shape index (κ2) is 4.10. The molecule has 1 unspecified atom stereocenters. The maximum atomic E-state index is 10.9. The third-order valence-corrected chi connectivity index (χ3v) is 2.87. The van der Waals surface area contributed by atoms with Gasteiger partial charge in [0.05, 0.1) is 17.6 Å². The van der Waals surface area contributed by atoms with Crippen LogP contribution in [0.15, 0.2) is 22.7 Å². The molecule has 0 saturated carbocycles. The molecule has 1 fully saturated rings. The van der Waals surface area contributed by atoms with Crippen molar-refractivity contribution in [3.05, 3.63) is 28.2 Å². The number of amides is 1. The van der Waals surface area contributed by atoms with Gasteiger partial charge in [-0.15, -0.1) is 0 Å². The molecule has 4 nitrogen and oxygen atoms in total. The Balaban J connectivity index is 2.22. The first-order valence-corrected chi connectivity index (χ1v) is 5.26. The summed E-state index contributed by atoms with van der Waals surface area (Å²) >= 11 is 3.39. The van der Waals surface area contributed by atoms with Crippen LogP contribution in [-0.4, -0.2) is 19.8 Å². The average Bonchev–Trinajstić information content (AvgIpc) is 2.65. The molecule has 1 aromatic rings. The van der Waals surface area contributed by atoms with Crippen LogP contribution >= 0.6 is 15.9 Å². The van der Waals surface area contributed by atoms with Gasteiger partial charge in [0, 0.05) is 0 Å². The number of alkyl carbamates (subject to hydrolysis) is 1. The van der Waals surface area contributed by atoms with Crippen LogP contribution in [0.4, 0.5) is 4.79 Å². The Morgan fingerprint density at radius 1 is 1.60 bits per heavy atom. The van der Waals surface area contributed by atoms with E-state index in [1.165, 1.54) is 0 Å². The maximum absolute atomic E-state index is 10.9. The number of cyclic esters (lactones) is 1. The zero-order valence-corrected chi connectivity index (χ0v) is 9.71. The first-order chi connectivity index (χ1) is 7.20. The third-order valence-electron chi connectivity index (χ3n) is 2.25. The molecule has 0 radical (unpaired) electrons. The number of ether oxygens (including phenoxy) is 2. The van der Waals surface area contributed by atoms with E-state index in [0.29, 0.717) is 6.61 Å². The molecule has 1 atom stereocenters. The highest BCUT2D eigenvalue weighted by Crippen LogP contribution is 2.29. The number of hydrogen-bond donors (Lipinski definition) is 1. The number of rotatable bonds is 2. The van der Waals surface area contributed by atoms with Crippen LogP contribution in [0.1, 0.15) is 11.6 Å². The fourth-order valence-corrected chi connectivity index (χ4v) is 2.02. The number of benzene rings is 1. The molecule has 5 heteroatoms. The highest BCUT2D eigenvalue weighted by atomic mass is 79.9. The molecule has 1 aromatic carbocycles. The molecule has 80 valence electrons. The Bertz CT molecular complexity index is 394. The molecule has 0 aliphatic carbocycles. The minimum Gasteiger partial charge on any atom is -0.496 e. The maximum Gasteiger partial charge on any atom is 0.407 e. The van der Waals surface area contributed by atoms with Crippen molar-refractivity contribution >= 4 is 22.0 Å². The van der Waals surface area contributed by atoms with E-state index in [2.05, 4.69) is 21.2 Å². The van der Waals surface area contributed by atoms with E-state index >= 15 is 0 Å². The van der Waals surface area contributed by atoms with E-state index in [0.717, 1.165) is 15.8 Å². The Kier molecular flexibility index (Phi) is 2.81. The Labute approximate surface area is 95.7 Å². The van der Waals surface area contributed by atoms with Gasteiger partial charge < -0.3 is 14.8 Å². The van der Waals surface area contributed by atoms with Gasteiger partial charge in [-0.3, -0.25) is 0 Å². The van der Waals surface area contributed by atoms with E-state index in [1.807, 2.05) is 18.2 Å². The zero-order valence-electron chi connectivity index (χ0n) is 8.12. The lowest BCUT2D eigenvalue weighted by molar-refractivity contribution is 0.177. The standard InChI is InChI=1S/C10H10BrNO3/c1-14-9-3-2-6(4-7(9)11)8-5-15-10(13)12-8/h2-4,8H,5H2,1H3,(H,12,13). The molecule has 15 heavy (non-hydrogen) atoms. The van der Waals surface area contributed by atoms with E-state index in [9.17, 15) is 4.79 Å². The van der Waals surface area contributed by atoms with Crippen molar-refractivity contribution in [2.75, 3.05) is 13.7 Å². The molecule has 2 rings (SSSR count). The lowest BCUT2D eigenvalue weighted by Gasteiger charge is -2.10. The van der Waals surface area contributed by atoms with Crippen molar-refractivity contribution in [2.45, 2.75) is 6.04 Å². The summed E-state index contributed by atoms with van der Waals surface area (Å²) in [6.07, 6.45) is -0.369. The smallest absolute Gasteiger partial charge is 0.407 e. The highest BCUT2D eigenvalue weighted by molar-refractivity contribution is 9.10. The first-order valence-electron chi connectivity index (χ1n) is 4.47. The molecular formula is C10H10BrNO3. The molecule has 1 heterocycles. The number of carbonyl (C=O) groups excluding carboxylic acids is 1. The van der Waals surface area contributed by atoms with Gasteiger partial charge in [-0.2, -0.15) is 0 Å². The number of nitrogens with one attached hydrogen (secondary N) is 1. The topological polar surface area (TPSA) is 47.6 Å². The summed E-state index contributed by atoms with van der Waals surface area (Å²) in [5, 5.41) is 2.71. The van der Waals surface area contributed by atoms with E-state index < -0.39 is 0 Å². The molecule has 1 saturated heterocycles. The molecule has 0 spiro atoms. The summed E-state index contributed by atoms with van der Waals surface area (Å²) in [6, 6.07) is 5.60. The van der Waals surface area contributed by atoms with Gasteiger partial charge in [0.15, 0.2) is 0 Å². The number of halogens is 1. The molecule has 0 aromatic heterocycles. The summed E-state index contributed by atoms with van der Waals surface area (Å²) in [4.78, 5) is 10.9. The van der Waals surface area contributed by atoms with Crippen LogP contribution in [0.2, 0.25) is 0 Å². The Morgan fingerprint density at radius 3 is 2.93 bits per heavy atom. The SMILES string of the molecule is COc1ccc(C2COC(=O)N2)cc1Br. The molecule has 0 bridgehead atoms. The van der Waals surface area contributed by atoms with Gasteiger partial charge in [0.1, 0.15) is 12.4 Å². The van der Waals surface area contributed by atoms with Gasteiger partial charge in [-0.05, 0) is 33.6 Å². The quantitative estimate of drug-likeness (QED) is 0.898. The molecule has 1 N–H and O–H groups in total. The molecule has 1 amide bonds. The van der Waals surface area contributed by atoms with Crippen LogP contribution in [-0.2, 0) is 4.74 Å². The Hall–Kier alpha value is -1.23. The van der Waals surface area contributed by atoms with Crippen LogP contribution in [0.3, 0.4) is 0 Å². The molecular weight excluding hydrogens is 262 g/mol. The Morgan fingerprint density at radius 2 is 2.40 bits per heavy atom. The van der Waals surface area contributed by atoms with Gasteiger partial charge in [0.2, 0.25) is 0 Å². The number of hydrogen-bond acceptors (Lipinski definition) is 3. The van der Waals surface area contributed by atoms with Crippen molar-refractivity contribution in [2.24, 2.45) is 0 Å². The van der Waals surface area contributed by atoms with Gasteiger partial charge >= 0.3 is 6.09 Å². The summed E-state index contributed by atoms with van der Waals surface area (Å²) < 4.78 is 10.8. The predicted octanol–water partition coefficient (Wildman–Crippen LogP) is 2.24. The fourth-order valence-electron chi connectivity index (χ4n) is 1.46. The van der Waals surface area contributed by atoms with Crippen LogP contribution in [0, 0.1) is 0 Å². The van der Waals surface area contributed by atoms with E-state index in [4.69, 9.17) is 9.47 Å². The largest absolute Gasteiger partial charge is 0.496 e. The van der Waals surface area contributed by atoms with Gasteiger partial charge in [-0.1, -0.05) is 6.07 Å². The van der Waals surface area contributed by atoms with E-state index in [-0.39, 0.29) is 12.1 Å². The van der Waals surface area contributed by atoms with Gasteiger partial charge in [-0.25, -0.2) is 4.79 Å². The van der Waals surface area contributed by atoms with Crippen molar-refractivity contribution in [3.63, 3.8) is 0 Å². The fraction of sp³-hybridized carbons (Fsp3) is 0.300. The van der Waals surface area contributed by atoms with Crippen LogP contribution in [0.5, 0.6) is 5.75 Å². The average molecular weight is 272 g/mol. The normalized spacial score (nSPS) is 19.6. The first kappa shape index (κ1) is 10.3. The second-order valence-corrected chi connectivity index (χ2v) is 4.04. The zero-order chi connectivity index (χ0) is 10.8. The second-order valence-electron chi connectivity index (χ2n) is 3.19. The minimum atomic E-state index is -0.369. The summed E-state index contributed by atoms with van der Waals surface area (Å²) in [7, 11) is 1.61. The summed E-state index contributed by atoms with van der Waals surface area (Å²) in [5.74, 6) is 0.768. The lowest BCUT2D eigenvalue weighted by Crippen LogP contribution is -2.18. The summed E-state index contributed by atoms with van der Waals surface area (Å²) in [6.45, 7) is 0.373. The van der Waals surface area contributed by atoms with Crippen molar-refractivity contribution in [1.82, 2.24) is 5.32 Å². The monoisotopic (exact) mass is 271 g/mol. The molecule has 1 aliphatic heterocycles. The minimum absolute atomic E-state index is 0.0697. The van der Waals surface area contributed by atoms with Crippen molar-refractivity contribution < 1.29 is 14.3 Å². The summed E-state index contributed by atoms with van der Waals surface area (Å²) in [5.41, 5.74) is 0.994. The van der Waals surface area contributed by atoms with Crippen LogP contribution in [0.25, 0.3) is 0 Å². The van der Waals surface area contributed by atoms with Crippen molar-refractivity contribution in [3.8, 4) is 5.75 Å². The van der Waals surface area contributed by atoms with Crippen LogP contribution < -0.4 is 10.1 Å². The highest BCUT2D eigenvalue weighted by Gasteiger charge is 2.24. The van der Waals surface area contributed by atoms with E-state index in [1.54, 1.807) is 7.11 Å². The number of methoxy groups -OCH3 is 1. The lowest BCUT2D eigenvalue weighted by atomic mass is 10.1.